The SMILES string of the molecule is COc1ccccc1C=Cc1noc(C)c1N. The van der Waals surface area contributed by atoms with Crippen molar-refractivity contribution in [3.05, 3.63) is 41.3 Å². The summed E-state index contributed by atoms with van der Waals surface area (Å²) in [7, 11) is 1.64. The molecule has 2 N–H and O–H groups in total. The molecule has 0 saturated heterocycles. The standard InChI is InChI=1S/C13H14N2O2/c1-9-13(14)11(15-17-9)8-7-10-5-3-4-6-12(10)16-2/h3-8H,14H2,1-2H3. The lowest BCUT2D eigenvalue weighted by Crippen LogP contribution is -1.88. The molecule has 0 spiro atoms. The maximum atomic E-state index is 5.80. The van der Waals surface area contributed by atoms with Gasteiger partial charge in [-0.15, -0.1) is 0 Å². The predicted octanol–water partition coefficient (Wildman–Crippen LogP) is 2.74. The maximum Gasteiger partial charge on any atom is 0.157 e. The zero-order chi connectivity index (χ0) is 12.3. The van der Waals surface area contributed by atoms with Crippen molar-refractivity contribution in [1.29, 1.82) is 0 Å². The highest BCUT2D eigenvalue weighted by Gasteiger charge is 2.05. The van der Waals surface area contributed by atoms with E-state index in [4.69, 9.17) is 15.0 Å². The van der Waals surface area contributed by atoms with Gasteiger partial charge in [0.2, 0.25) is 0 Å². The van der Waals surface area contributed by atoms with Gasteiger partial charge in [0.15, 0.2) is 5.76 Å². The minimum Gasteiger partial charge on any atom is -0.496 e. The van der Waals surface area contributed by atoms with Crippen LogP contribution in [0.4, 0.5) is 5.69 Å². The minimum absolute atomic E-state index is 0.566. The molecule has 1 heterocycles. The van der Waals surface area contributed by atoms with Crippen molar-refractivity contribution in [3.8, 4) is 5.75 Å². The van der Waals surface area contributed by atoms with Gasteiger partial charge in [-0.2, -0.15) is 0 Å². The summed E-state index contributed by atoms with van der Waals surface area (Å²) in [5.74, 6) is 1.44. The van der Waals surface area contributed by atoms with Gasteiger partial charge in [-0.25, -0.2) is 0 Å². The smallest absolute Gasteiger partial charge is 0.157 e. The van der Waals surface area contributed by atoms with Crippen LogP contribution < -0.4 is 10.5 Å². The maximum absolute atomic E-state index is 5.80. The van der Waals surface area contributed by atoms with E-state index in [-0.39, 0.29) is 0 Å². The summed E-state index contributed by atoms with van der Waals surface area (Å²) in [6.07, 6.45) is 3.70. The van der Waals surface area contributed by atoms with Crippen molar-refractivity contribution in [2.45, 2.75) is 6.92 Å². The normalized spacial score (nSPS) is 10.9. The van der Waals surface area contributed by atoms with E-state index < -0.39 is 0 Å². The molecule has 0 aliphatic carbocycles. The molecular formula is C13H14N2O2. The third-order valence-corrected chi connectivity index (χ3v) is 2.50. The van der Waals surface area contributed by atoms with Crippen molar-refractivity contribution in [3.63, 3.8) is 0 Å². The van der Waals surface area contributed by atoms with Crippen LogP contribution in [-0.4, -0.2) is 12.3 Å². The molecule has 0 saturated carbocycles. The number of para-hydroxylation sites is 1. The number of hydrogen-bond acceptors (Lipinski definition) is 4. The summed E-state index contributed by atoms with van der Waals surface area (Å²) in [6.45, 7) is 1.78. The number of anilines is 1. The molecule has 2 rings (SSSR count). The molecular weight excluding hydrogens is 216 g/mol. The second-order valence-electron chi connectivity index (χ2n) is 3.61. The van der Waals surface area contributed by atoms with Crippen LogP contribution in [0.2, 0.25) is 0 Å². The van der Waals surface area contributed by atoms with Gasteiger partial charge in [-0.3, -0.25) is 0 Å². The van der Waals surface area contributed by atoms with Gasteiger partial charge in [-0.1, -0.05) is 23.4 Å². The zero-order valence-corrected chi connectivity index (χ0v) is 9.81. The molecule has 88 valence electrons. The summed E-state index contributed by atoms with van der Waals surface area (Å²) in [5.41, 5.74) is 7.96. The van der Waals surface area contributed by atoms with E-state index in [9.17, 15) is 0 Å². The van der Waals surface area contributed by atoms with Crippen molar-refractivity contribution < 1.29 is 9.26 Å². The van der Waals surface area contributed by atoms with Crippen LogP contribution in [0, 0.1) is 6.92 Å². The van der Waals surface area contributed by atoms with E-state index in [1.807, 2.05) is 36.4 Å². The minimum atomic E-state index is 0.566. The van der Waals surface area contributed by atoms with Gasteiger partial charge in [0.25, 0.3) is 0 Å². The average Bonchev–Trinajstić information content (AvgIpc) is 2.68. The van der Waals surface area contributed by atoms with Crippen molar-refractivity contribution >= 4 is 17.8 Å². The summed E-state index contributed by atoms with van der Waals surface area (Å²) < 4.78 is 10.2. The van der Waals surface area contributed by atoms with Crippen molar-refractivity contribution in [1.82, 2.24) is 5.16 Å². The highest BCUT2D eigenvalue weighted by atomic mass is 16.5. The Morgan fingerprint density at radius 2 is 2.06 bits per heavy atom. The first kappa shape index (κ1) is 11.3. The summed E-state index contributed by atoms with van der Waals surface area (Å²) >= 11 is 0. The van der Waals surface area contributed by atoms with E-state index >= 15 is 0 Å². The van der Waals surface area contributed by atoms with E-state index in [0.29, 0.717) is 17.1 Å². The fourth-order valence-electron chi connectivity index (χ4n) is 1.49. The van der Waals surface area contributed by atoms with Gasteiger partial charge < -0.3 is 15.0 Å². The van der Waals surface area contributed by atoms with Gasteiger partial charge in [-0.05, 0) is 25.1 Å². The summed E-state index contributed by atoms with van der Waals surface area (Å²) in [5, 5.41) is 3.86. The van der Waals surface area contributed by atoms with Crippen LogP contribution in [-0.2, 0) is 0 Å². The number of hydrogen-bond donors (Lipinski definition) is 1. The fourth-order valence-corrected chi connectivity index (χ4v) is 1.49. The van der Waals surface area contributed by atoms with Crippen molar-refractivity contribution in [2.75, 3.05) is 12.8 Å². The molecule has 0 aliphatic heterocycles. The van der Waals surface area contributed by atoms with Crippen LogP contribution in [0.15, 0.2) is 28.8 Å². The highest BCUT2D eigenvalue weighted by Crippen LogP contribution is 2.22. The molecule has 0 amide bonds. The summed E-state index contributed by atoms with van der Waals surface area (Å²) in [6, 6.07) is 7.72. The van der Waals surface area contributed by atoms with Crippen LogP contribution in [0.1, 0.15) is 17.0 Å². The first-order valence-electron chi connectivity index (χ1n) is 5.25. The number of methoxy groups -OCH3 is 1. The van der Waals surface area contributed by atoms with E-state index in [1.165, 1.54) is 0 Å². The molecule has 1 aromatic heterocycles. The Kier molecular flexibility index (Phi) is 3.14. The van der Waals surface area contributed by atoms with Gasteiger partial charge in [0, 0.05) is 5.56 Å². The number of nitrogens with zero attached hydrogens (tertiary/aromatic N) is 1. The molecule has 4 nitrogen and oxygen atoms in total. The number of nitrogen functional groups attached to an aromatic ring is 1. The van der Waals surface area contributed by atoms with Crippen LogP contribution in [0.25, 0.3) is 12.2 Å². The third-order valence-electron chi connectivity index (χ3n) is 2.50. The first-order chi connectivity index (χ1) is 8.22. The molecule has 2 aromatic rings. The Labute approximate surface area is 99.7 Å². The number of nitrogens with two attached hydrogens (primary N) is 1. The quantitative estimate of drug-likeness (QED) is 0.880. The predicted molar refractivity (Wildman–Crippen MR) is 67.6 cm³/mol. The zero-order valence-electron chi connectivity index (χ0n) is 9.81. The van der Waals surface area contributed by atoms with E-state index in [1.54, 1.807) is 14.0 Å². The summed E-state index contributed by atoms with van der Waals surface area (Å²) in [4.78, 5) is 0. The highest BCUT2D eigenvalue weighted by molar-refractivity contribution is 5.75. The largest absolute Gasteiger partial charge is 0.496 e. The lowest BCUT2D eigenvalue weighted by atomic mass is 10.1. The Bertz CT molecular complexity index is 544. The second-order valence-corrected chi connectivity index (χ2v) is 3.61. The van der Waals surface area contributed by atoms with Crippen molar-refractivity contribution in [2.24, 2.45) is 0 Å². The van der Waals surface area contributed by atoms with E-state index in [0.717, 1.165) is 11.3 Å². The monoisotopic (exact) mass is 230 g/mol. The fraction of sp³-hybridized carbons (Fsp3) is 0.154. The number of rotatable bonds is 3. The molecule has 0 atom stereocenters. The third kappa shape index (κ3) is 2.30. The lowest BCUT2D eigenvalue weighted by molar-refractivity contribution is 0.396. The molecule has 1 aromatic carbocycles. The topological polar surface area (TPSA) is 61.3 Å². The Morgan fingerprint density at radius 3 is 2.71 bits per heavy atom. The molecule has 17 heavy (non-hydrogen) atoms. The molecule has 4 heteroatoms. The lowest BCUT2D eigenvalue weighted by Gasteiger charge is -2.02. The molecule has 0 bridgehead atoms. The Morgan fingerprint density at radius 1 is 1.29 bits per heavy atom. The van der Waals surface area contributed by atoms with Crippen LogP contribution in [0.5, 0.6) is 5.75 Å². The molecule has 0 radical (unpaired) electrons. The Hall–Kier alpha value is -2.23. The first-order valence-corrected chi connectivity index (χ1v) is 5.25. The number of aryl methyl sites for hydroxylation is 1. The second kappa shape index (κ2) is 4.74. The van der Waals surface area contributed by atoms with Gasteiger partial charge >= 0.3 is 0 Å². The number of benzene rings is 1. The number of aromatic nitrogens is 1. The van der Waals surface area contributed by atoms with Crippen LogP contribution >= 0.6 is 0 Å². The molecule has 0 fully saturated rings. The average molecular weight is 230 g/mol. The molecule has 0 unspecified atom stereocenters. The van der Waals surface area contributed by atoms with Gasteiger partial charge in [0.05, 0.1) is 7.11 Å². The van der Waals surface area contributed by atoms with Gasteiger partial charge in [0.1, 0.15) is 17.1 Å². The molecule has 0 aliphatic rings. The Balaban J connectivity index is 2.29. The van der Waals surface area contributed by atoms with Crippen LogP contribution in [0.3, 0.4) is 0 Å². The number of ether oxygens (including phenoxy) is 1. The van der Waals surface area contributed by atoms with E-state index in [2.05, 4.69) is 5.16 Å².